The van der Waals surface area contributed by atoms with Crippen molar-refractivity contribution in [1.29, 1.82) is 0 Å². The average molecular weight is 305 g/mol. The number of ether oxygens (including phenoxy) is 1. The molecule has 0 aliphatic carbocycles. The van der Waals surface area contributed by atoms with Crippen LogP contribution < -0.4 is 4.74 Å². The molecule has 0 bridgehead atoms. The Morgan fingerprint density at radius 3 is 1.70 bits per heavy atom. The molecule has 4 heteroatoms. The van der Waals surface area contributed by atoms with E-state index in [0.29, 0.717) is 6.61 Å². The van der Waals surface area contributed by atoms with Crippen LogP contribution in [0.15, 0.2) is 48.8 Å². The maximum atomic E-state index is 5.68. The summed E-state index contributed by atoms with van der Waals surface area (Å²) in [5.41, 5.74) is 5.46. The number of aryl methyl sites for hydroxylation is 2. The van der Waals surface area contributed by atoms with Crippen LogP contribution in [0.1, 0.15) is 18.1 Å². The first-order valence-corrected chi connectivity index (χ1v) is 7.66. The maximum absolute atomic E-state index is 5.68. The van der Waals surface area contributed by atoms with Crippen LogP contribution >= 0.6 is 0 Å². The molecule has 0 unspecified atom stereocenters. The molecule has 0 aromatic carbocycles. The van der Waals surface area contributed by atoms with E-state index >= 15 is 0 Å². The minimum atomic E-state index is 0.603. The molecule has 116 valence electrons. The Morgan fingerprint density at radius 1 is 0.783 bits per heavy atom. The van der Waals surface area contributed by atoms with Gasteiger partial charge in [0.25, 0.3) is 0 Å². The molecule has 3 aromatic heterocycles. The van der Waals surface area contributed by atoms with Gasteiger partial charge in [-0.15, -0.1) is 0 Å². The second-order valence-corrected chi connectivity index (χ2v) is 5.45. The highest BCUT2D eigenvalue weighted by atomic mass is 16.5. The van der Waals surface area contributed by atoms with Crippen molar-refractivity contribution in [3.8, 4) is 28.5 Å². The molecule has 0 fully saturated rings. The number of hydrogen-bond donors (Lipinski definition) is 0. The second kappa shape index (κ2) is 6.57. The van der Waals surface area contributed by atoms with Crippen LogP contribution in [-0.4, -0.2) is 21.6 Å². The SMILES string of the molecule is CCOc1cc(-c2ccc(C)cn2)nc(-c2ccc(C)cn2)c1. The van der Waals surface area contributed by atoms with Gasteiger partial charge < -0.3 is 4.74 Å². The fourth-order valence-corrected chi connectivity index (χ4v) is 2.26. The van der Waals surface area contributed by atoms with Crippen molar-refractivity contribution >= 4 is 0 Å². The summed E-state index contributed by atoms with van der Waals surface area (Å²) in [7, 11) is 0. The van der Waals surface area contributed by atoms with Crippen LogP contribution in [0, 0.1) is 13.8 Å². The van der Waals surface area contributed by atoms with Crippen molar-refractivity contribution in [1.82, 2.24) is 15.0 Å². The lowest BCUT2D eigenvalue weighted by atomic mass is 10.1. The van der Waals surface area contributed by atoms with Crippen molar-refractivity contribution in [3.05, 3.63) is 59.9 Å². The fraction of sp³-hybridized carbons (Fsp3) is 0.211. The minimum Gasteiger partial charge on any atom is -0.494 e. The van der Waals surface area contributed by atoms with E-state index < -0.39 is 0 Å². The van der Waals surface area contributed by atoms with E-state index in [-0.39, 0.29) is 0 Å². The van der Waals surface area contributed by atoms with Crippen LogP contribution in [-0.2, 0) is 0 Å². The second-order valence-electron chi connectivity index (χ2n) is 5.45. The quantitative estimate of drug-likeness (QED) is 0.724. The molecule has 0 amide bonds. The van der Waals surface area contributed by atoms with Gasteiger partial charge in [0.2, 0.25) is 0 Å². The third-order valence-electron chi connectivity index (χ3n) is 3.46. The number of rotatable bonds is 4. The number of aromatic nitrogens is 3. The Balaban J connectivity index is 2.09. The Hall–Kier alpha value is -2.75. The Morgan fingerprint density at radius 2 is 1.30 bits per heavy atom. The molecule has 0 saturated heterocycles. The van der Waals surface area contributed by atoms with Crippen LogP contribution in [0.25, 0.3) is 22.8 Å². The highest BCUT2D eigenvalue weighted by molar-refractivity contribution is 5.64. The van der Waals surface area contributed by atoms with Crippen LogP contribution in [0.2, 0.25) is 0 Å². The summed E-state index contributed by atoms with van der Waals surface area (Å²) < 4.78 is 5.68. The number of hydrogen-bond acceptors (Lipinski definition) is 4. The molecule has 0 radical (unpaired) electrons. The summed E-state index contributed by atoms with van der Waals surface area (Å²) in [4.78, 5) is 13.6. The van der Waals surface area contributed by atoms with Gasteiger partial charge in [0.15, 0.2) is 0 Å². The first-order chi connectivity index (χ1) is 11.2. The molecule has 23 heavy (non-hydrogen) atoms. The zero-order valence-corrected chi connectivity index (χ0v) is 13.6. The van der Waals surface area contributed by atoms with E-state index in [1.165, 1.54) is 0 Å². The molecule has 0 N–H and O–H groups in total. The lowest BCUT2D eigenvalue weighted by molar-refractivity contribution is 0.340. The minimum absolute atomic E-state index is 0.603. The maximum Gasteiger partial charge on any atom is 0.123 e. The zero-order valence-electron chi connectivity index (χ0n) is 13.6. The molecular weight excluding hydrogens is 286 g/mol. The van der Waals surface area contributed by atoms with E-state index in [2.05, 4.69) is 9.97 Å². The van der Waals surface area contributed by atoms with Gasteiger partial charge >= 0.3 is 0 Å². The van der Waals surface area contributed by atoms with Gasteiger partial charge in [0, 0.05) is 24.5 Å². The van der Waals surface area contributed by atoms with Crippen molar-refractivity contribution in [2.75, 3.05) is 6.61 Å². The van der Waals surface area contributed by atoms with Gasteiger partial charge in [-0.05, 0) is 44.0 Å². The van der Waals surface area contributed by atoms with Crippen molar-refractivity contribution in [2.24, 2.45) is 0 Å². The topological polar surface area (TPSA) is 47.9 Å². The third kappa shape index (κ3) is 3.54. The summed E-state index contributed by atoms with van der Waals surface area (Å²) in [6, 6.07) is 11.8. The van der Waals surface area contributed by atoms with E-state index in [0.717, 1.165) is 39.7 Å². The van der Waals surface area contributed by atoms with Crippen LogP contribution in [0.5, 0.6) is 5.75 Å². The summed E-state index contributed by atoms with van der Waals surface area (Å²) in [6.45, 7) is 6.60. The summed E-state index contributed by atoms with van der Waals surface area (Å²) >= 11 is 0. The molecule has 0 spiro atoms. The first kappa shape index (κ1) is 15.2. The van der Waals surface area contributed by atoms with E-state index in [4.69, 9.17) is 9.72 Å². The van der Waals surface area contributed by atoms with E-state index in [1.54, 1.807) is 0 Å². The van der Waals surface area contributed by atoms with Gasteiger partial charge in [-0.1, -0.05) is 12.1 Å². The van der Waals surface area contributed by atoms with Crippen LogP contribution in [0.4, 0.5) is 0 Å². The zero-order chi connectivity index (χ0) is 16.2. The molecule has 0 saturated carbocycles. The molecule has 0 aliphatic rings. The standard InChI is InChI=1S/C19H19N3O/c1-4-23-15-9-18(16-7-5-13(2)11-20-16)22-19(10-15)17-8-6-14(3)12-21-17/h5-12H,4H2,1-3H3. The Kier molecular flexibility index (Phi) is 4.33. The third-order valence-corrected chi connectivity index (χ3v) is 3.46. The largest absolute Gasteiger partial charge is 0.494 e. The fourth-order valence-electron chi connectivity index (χ4n) is 2.26. The molecule has 3 rings (SSSR count). The number of nitrogens with zero attached hydrogens (tertiary/aromatic N) is 3. The lowest BCUT2D eigenvalue weighted by Crippen LogP contribution is -1.97. The highest BCUT2D eigenvalue weighted by Crippen LogP contribution is 2.26. The molecular formula is C19H19N3O. The van der Waals surface area contributed by atoms with Gasteiger partial charge in [-0.25, -0.2) is 4.98 Å². The van der Waals surface area contributed by atoms with Gasteiger partial charge in [0.05, 0.1) is 29.4 Å². The molecule has 0 atom stereocenters. The summed E-state index contributed by atoms with van der Waals surface area (Å²) in [6.07, 6.45) is 3.68. The predicted molar refractivity (Wildman–Crippen MR) is 91.3 cm³/mol. The molecule has 0 aliphatic heterocycles. The Bertz CT molecular complexity index is 732. The van der Waals surface area contributed by atoms with E-state index in [1.807, 2.05) is 69.6 Å². The molecule has 4 nitrogen and oxygen atoms in total. The average Bonchev–Trinajstić information content (AvgIpc) is 2.56. The monoisotopic (exact) mass is 305 g/mol. The summed E-state index contributed by atoms with van der Waals surface area (Å²) in [5, 5.41) is 0. The van der Waals surface area contributed by atoms with Crippen LogP contribution in [0.3, 0.4) is 0 Å². The van der Waals surface area contributed by atoms with Crippen molar-refractivity contribution < 1.29 is 4.74 Å². The van der Waals surface area contributed by atoms with Gasteiger partial charge in [-0.3, -0.25) is 9.97 Å². The highest BCUT2D eigenvalue weighted by Gasteiger charge is 2.09. The summed E-state index contributed by atoms with van der Waals surface area (Å²) in [5.74, 6) is 0.775. The lowest BCUT2D eigenvalue weighted by Gasteiger charge is -2.09. The van der Waals surface area contributed by atoms with Gasteiger partial charge in [0.1, 0.15) is 5.75 Å². The predicted octanol–water partition coefficient (Wildman–Crippen LogP) is 4.22. The Labute approximate surface area is 136 Å². The number of pyridine rings is 3. The first-order valence-electron chi connectivity index (χ1n) is 7.66. The normalized spacial score (nSPS) is 10.6. The van der Waals surface area contributed by atoms with Crippen molar-refractivity contribution in [3.63, 3.8) is 0 Å². The van der Waals surface area contributed by atoms with Gasteiger partial charge in [-0.2, -0.15) is 0 Å². The van der Waals surface area contributed by atoms with E-state index in [9.17, 15) is 0 Å². The molecule has 3 aromatic rings. The van der Waals surface area contributed by atoms with Crippen molar-refractivity contribution in [2.45, 2.75) is 20.8 Å². The molecule has 3 heterocycles. The smallest absolute Gasteiger partial charge is 0.123 e.